The normalized spacial score (nSPS) is 11.5. The molecule has 1 unspecified atom stereocenters. The summed E-state index contributed by atoms with van der Waals surface area (Å²) in [5.41, 5.74) is 1.23. The van der Waals surface area contributed by atoms with Gasteiger partial charge < -0.3 is 20.9 Å². The first kappa shape index (κ1) is 24.1. The van der Waals surface area contributed by atoms with Crippen molar-refractivity contribution in [1.29, 1.82) is 0 Å². The Balaban J connectivity index is 2.43. The topological polar surface area (TPSA) is 121 Å². The van der Waals surface area contributed by atoms with E-state index in [1.807, 2.05) is 6.92 Å². The van der Waals surface area contributed by atoms with Crippen LogP contribution in [0.15, 0.2) is 24.3 Å². The van der Waals surface area contributed by atoms with Crippen LogP contribution in [0, 0.1) is 5.92 Å². The largest absolute Gasteiger partial charge is 0.338 e. The summed E-state index contributed by atoms with van der Waals surface area (Å²) in [5.74, 6) is -0.387. The Labute approximate surface area is 171 Å². The fraction of sp³-hybridized carbons (Fsp3) is 0.500. The van der Waals surface area contributed by atoms with E-state index in [2.05, 4.69) is 35.1 Å². The highest BCUT2D eigenvalue weighted by atomic mass is 16.2. The van der Waals surface area contributed by atoms with Gasteiger partial charge in [-0.05, 0) is 43.5 Å². The van der Waals surface area contributed by atoms with Crippen molar-refractivity contribution in [1.82, 2.24) is 10.6 Å². The van der Waals surface area contributed by atoms with E-state index in [0.717, 1.165) is 11.3 Å². The molecule has 29 heavy (non-hydrogen) atoms. The van der Waals surface area contributed by atoms with Gasteiger partial charge in [0.05, 0.1) is 6.54 Å². The summed E-state index contributed by atoms with van der Waals surface area (Å²) in [6.45, 7) is 8.55. The van der Waals surface area contributed by atoms with Gasteiger partial charge in [0.25, 0.3) is 11.8 Å². The van der Waals surface area contributed by atoms with Crippen molar-refractivity contribution in [3.05, 3.63) is 24.3 Å². The Bertz CT molecular complexity index is 703. The predicted molar refractivity (Wildman–Crippen MR) is 112 cm³/mol. The molecule has 1 rings (SSSR count). The second-order valence-electron chi connectivity index (χ2n) is 7.25. The summed E-state index contributed by atoms with van der Waals surface area (Å²) < 4.78 is 0. The fourth-order valence-corrected chi connectivity index (χ4v) is 2.50. The smallest absolute Gasteiger partial charge is 0.321 e. The SMILES string of the molecule is CC[NH+](CC(=O)NC(=O)NCCC(C)C)CC(=O)Nc1ccc(NC(C)=O)cc1. The molecule has 5 amide bonds. The molecule has 0 saturated heterocycles. The standard InChI is InChI=1S/C20H31N5O4/c1-5-25(13-19(28)24-20(29)21-11-10-14(2)3)12-18(27)23-17-8-6-16(7-9-17)22-15(4)26/h6-9,14H,5,10-13H2,1-4H3,(H,22,26)(H,23,27)(H2,21,24,28,29)/p+1. The first-order valence-electron chi connectivity index (χ1n) is 9.78. The van der Waals surface area contributed by atoms with Crippen LogP contribution in [0.3, 0.4) is 0 Å². The lowest BCUT2D eigenvalue weighted by molar-refractivity contribution is -0.881. The van der Waals surface area contributed by atoms with E-state index in [1.165, 1.54) is 6.92 Å². The third-order valence-electron chi connectivity index (χ3n) is 4.07. The highest BCUT2D eigenvalue weighted by Gasteiger charge is 2.18. The van der Waals surface area contributed by atoms with Crippen LogP contribution in [-0.2, 0) is 14.4 Å². The number of quaternary nitrogens is 1. The molecule has 0 radical (unpaired) electrons. The van der Waals surface area contributed by atoms with E-state index in [-0.39, 0.29) is 24.9 Å². The van der Waals surface area contributed by atoms with Crippen molar-refractivity contribution >= 4 is 35.1 Å². The van der Waals surface area contributed by atoms with Gasteiger partial charge in [-0.1, -0.05) is 13.8 Å². The monoisotopic (exact) mass is 406 g/mol. The number of carbonyl (C=O) groups excluding carboxylic acids is 4. The van der Waals surface area contributed by atoms with Crippen LogP contribution in [0.25, 0.3) is 0 Å². The Hall–Kier alpha value is -2.94. The van der Waals surface area contributed by atoms with Crippen LogP contribution in [0.2, 0.25) is 0 Å². The van der Waals surface area contributed by atoms with E-state index >= 15 is 0 Å². The number of amides is 5. The zero-order chi connectivity index (χ0) is 21.8. The minimum atomic E-state index is -0.519. The molecule has 0 aliphatic rings. The number of urea groups is 1. The number of nitrogens with one attached hydrogen (secondary N) is 5. The Kier molecular flexibility index (Phi) is 10.4. The lowest BCUT2D eigenvalue weighted by Crippen LogP contribution is -3.14. The Morgan fingerprint density at radius 1 is 0.931 bits per heavy atom. The number of hydrogen-bond donors (Lipinski definition) is 5. The summed E-state index contributed by atoms with van der Waals surface area (Å²) in [7, 11) is 0. The van der Waals surface area contributed by atoms with E-state index < -0.39 is 11.9 Å². The van der Waals surface area contributed by atoms with Crippen molar-refractivity contribution in [3.8, 4) is 0 Å². The molecular formula is C20H32N5O4+. The average Bonchev–Trinajstić information content (AvgIpc) is 2.61. The molecule has 0 aliphatic heterocycles. The fourth-order valence-electron chi connectivity index (χ4n) is 2.50. The quantitative estimate of drug-likeness (QED) is 0.385. The molecule has 0 heterocycles. The summed E-state index contributed by atoms with van der Waals surface area (Å²) >= 11 is 0. The van der Waals surface area contributed by atoms with E-state index in [1.54, 1.807) is 24.3 Å². The number of anilines is 2. The molecule has 1 aromatic carbocycles. The molecule has 9 heteroatoms. The van der Waals surface area contributed by atoms with Crippen LogP contribution < -0.4 is 26.2 Å². The van der Waals surface area contributed by atoms with Gasteiger partial charge in [0.15, 0.2) is 13.1 Å². The number of benzene rings is 1. The van der Waals surface area contributed by atoms with Crippen molar-refractivity contribution in [2.24, 2.45) is 5.92 Å². The van der Waals surface area contributed by atoms with E-state index in [9.17, 15) is 19.2 Å². The minimum absolute atomic E-state index is 0.0169. The third kappa shape index (κ3) is 10.8. The number of imide groups is 1. The summed E-state index contributed by atoms with van der Waals surface area (Å²) in [5, 5.41) is 10.3. The molecule has 0 bridgehead atoms. The van der Waals surface area contributed by atoms with E-state index in [4.69, 9.17) is 0 Å². The van der Waals surface area contributed by atoms with Gasteiger partial charge in [-0.2, -0.15) is 0 Å². The van der Waals surface area contributed by atoms with Crippen LogP contribution in [-0.4, -0.2) is 49.9 Å². The van der Waals surface area contributed by atoms with Gasteiger partial charge in [-0.3, -0.25) is 19.7 Å². The Morgan fingerprint density at radius 2 is 1.48 bits per heavy atom. The van der Waals surface area contributed by atoms with Gasteiger partial charge in [0.2, 0.25) is 5.91 Å². The number of rotatable bonds is 10. The highest BCUT2D eigenvalue weighted by Crippen LogP contribution is 2.13. The van der Waals surface area contributed by atoms with Crippen molar-refractivity contribution < 1.29 is 24.1 Å². The van der Waals surface area contributed by atoms with Crippen molar-refractivity contribution in [2.75, 3.05) is 36.8 Å². The predicted octanol–water partition coefficient (Wildman–Crippen LogP) is 0.360. The molecule has 160 valence electrons. The maximum atomic E-state index is 12.2. The molecule has 0 spiro atoms. The first-order chi connectivity index (χ1) is 13.7. The van der Waals surface area contributed by atoms with Crippen LogP contribution in [0.1, 0.15) is 34.1 Å². The number of carbonyl (C=O) groups is 4. The zero-order valence-electron chi connectivity index (χ0n) is 17.6. The van der Waals surface area contributed by atoms with Crippen LogP contribution in [0.5, 0.6) is 0 Å². The van der Waals surface area contributed by atoms with Crippen molar-refractivity contribution in [2.45, 2.75) is 34.1 Å². The average molecular weight is 407 g/mol. The molecule has 0 aromatic heterocycles. The molecule has 0 fully saturated rings. The van der Waals surface area contributed by atoms with Gasteiger partial charge in [-0.15, -0.1) is 0 Å². The Morgan fingerprint density at radius 3 is 2.00 bits per heavy atom. The van der Waals surface area contributed by atoms with Gasteiger partial charge in [-0.25, -0.2) is 4.79 Å². The zero-order valence-corrected chi connectivity index (χ0v) is 17.6. The van der Waals surface area contributed by atoms with Gasteiger partial charge >= 0.3 is 6.03 Å². The molecule has 1 aromatic rings. The molecule has 5 N–H and O–H groups in total. The maximum Gasteiger partial charge on any atom is 0.321 e. The van der Waals surface area contributed by atoms with E-state index in [0.29, 0.717) is 30.4 Å². The highest BCUT2D eigenvalue weighted by molar-refractivity contribution is 5.95. The van der Waals surface area contributed by atoms with Crippen molar-refractivity contribution in [3.63, 3.8) is 0 Å². The van der Waals surface area contributed by atoms with Gasteiger partial charge in [0, 0.05) is 24.8 Å². The summed E-state index contributed by atoms with van der Waals surface area (Å²) in [6.07, 6.45) is 0.833. The second kappa shape index (κ2) is 12.5. The number of hydrogen-bond acceptors (Lipinski definition) is 4. The molecule has 1 atom stereocenters. The number of likely N-dealkylation sites (N-methyl/N-ethyl adjacent to an activating group) is 1. The molecular weight excluding hydrogens is 374 g/mol. The van der Waals surface area contributed by atoms with Gasteiger partial charge in [0.1, 0.15) is 0 Å². The summed E-state index contributed by atoms with van der Waals surface area (Å²) in [6, 6.07) is 6.22. The molecule has 0 aliphatic carbocycles. The molecule has 9 nitrogen and oxygen atoms in total. The maximum absolute atomic E-state index is 12.2. The molecule has 0 saturated carbocycles. The second-order valence-corrected chi connectivity index (χ2v) is 7.25. The van der Waals surface area contributed by atoms with Crippen LogP contribution in [0.4, 0.5) is 16.2 Å². The lowest BCUT2D eigenvalue weighted by atomic mass is 10.1. The lowest BCUT2D eigenvalue weighted by Gasteiger charge is -2.17. The minimum Gasteiger partial charge on any atom is -0.338 e. The third-order valence-corrected chi connectivity index (χ3v) is 4.07. The first-order valence-corrected chi connectivity index (χ1v) is 9.78. The van der Waals surface area contributed by atoms with Crippen LogP contribution >= 0.6 is 0 Å². The summed E-state index contributed by atoms with van der Waals surface area (Å²) in [4.78, 5) is 47.7.